The Bertz CT molecular complexity index is 1880. The summed E-state index contributed by atoms with van der Waals surface area (Å²) in [6.07, 6.45) is 2.03. The first kappa shape index (κ1) is 33.1. The summed E-state index contributed by atoms with van der Waals surface area (Å²) in [5.41, 5.74) is 3.03. The van der Waals surface area contributed by atoms with Crippen LogP contribution in [0.5, 0.6) is 5.75 Å². The Morgan fingerprint density at radius 2 is 1.68 bits per heavy atom. The average molecular weight is 667 g/mol. The molecule has 5 aromatic rings. The van der Waals surface area contributed by atoms with Crippen molar-refractivity contribution in [3.8, 4) is 17.0 Å². The Morgan fingerprint density at radius 3 is 2.38 bits per heavy atom. The van der Waals surface area contributed by atoms with Crippen LogP contribution in [0.4, 0.5) is 15.2 Å². The van der Waals surface area contributed by atoms with Crippen molar-refractivity contribution in [3.63, 3.8) is 0 Å². The molecule has 1 unspecified atom stereocenters. The van der Waals surface area contributed by atoms with Crippen LogP contribution < -0.4 is 20.7 Å². The summed E-state index contributed by atoms with van der Waals surface area (Å²) in [4.78, 5) is 44.9. The molecule has 0 bridgehead atoms. The molecule has 1 aromatic heterocycles. The third-order valence-electron chi connectivity index (χ3n) is 6.86. The zero-order valence-corrected chi connectivity index (χ0v) is 27.2. The van der Waals surface area contributed by atoms with E-state index < -0.39 is 22.9 Å². The van der Waals surface area contributed by atoms with Crippen LogP contribution >= 0.6 is 23.1 Å². The first-order valence-corrected chi connectivity index (χ1v) is 16.4. The molecule has 4 aromatic carbocycles. The van der Waals surface area contributed by atoms with Gasteiger partial charge in [0.15, 0.2) is 5.13 Å². The van der Waals surface area contributed by atoms with Gasteiger partial charge in [-0.3, -0.25) is 14.4 Å². The lowest BCUT2D eigenvalue weighted by molar-refractivity contribution is -0.116. The first-order valence-electron chi connectivity index (χ1n) is 14.6. The lowest BCUT2D eigenvalue weighted by atomic mass is 10.1. The second kappa shape index (κ2) is 15.8. The van der Waals surface area contributed by atoms with Crippen molar-refractivity contribution in [3.05, 3.63) is 131 Å². The Kier molecular flexibility index (Phi) is 11.2. The summed E-state index contributed by atoms with van der Waals surface area (Å²) in [6.45, 7) is 1.93. The first-order chi connectivity index (χ1) is 22.8. The quantitative estimate of drug-likeness (QED) is 0.0924. The van der Waals surface area contributed by atoms with Gasteiger partial charge in [-0.15, -0.1) is 23.1 Å². The number of nitrogens with zero attached hydrogens (tertiary/aromatic N) is 1. The maximum absolute atomic E-state index is 13.5. The van der Waals surface area contributed by atoms with Crippen LogP contribution in [0.25, 0.3) is 17.3 Å². The number of halogens is 1. The van der Waals surface area contributed by atoms with Crippen molar-refractivity contribution in [2.75, 3.05) is 17.7 Å². The molecule has 8 nitrogen and oxygen atoms in total. The smallest absolute Gasteiger partial charge is 0.272 e. The summed E-state index contributed by atoms with van der Waals surface area (Å²) >= 11 is 2.71. The maximum Gasteiger partial charge on any atom is 0.272 e. The Hall–Kier alpha value is -5.26. The summed E-state index contributed by atoms with van der Waals surface area (Å²) < 4.78 is 18.7. The number of methoxy groups -OCH3 is 1. The lowest BCUT2D eigenvalue weighted by Crippen LogP contribution is -2.30. The third-order valence-corrected chi connectivity index (χ3v) is 8.98. The van der Waals surface area contributed by atoms with E-state index in [4.69, 9.17) is 4.74 Å². The van der Waals surface area contributed by atoms with Gasteiger partial charge < -0.3 is 20.7 Å². The van der Waals surface area contributed by atoms with Crippen molar-refractivity contribution in [2.24, 2.45) is 0 Å². The average Bonchev–Trinajstić information content (AvgIpc) is 3.56. The largest absolute Gasteiger partial charge is 0.497 e. The van der Waals surface area contributed by atoms with Crippen molar-refractivity contribution < 1.29 is 23.5 Å². The SMILES string of the molecule is CCC(Sc1cccc(NC(=O)/C(=C/c2ccc(F)cc2)NC(=O)c2ccccc2)c1)C(=O)Nc1nc(-c2ccc(OC)cc2)cs1. The molecule has 1 heterocycles. The number of thioether (sulfide) groups is 1. The van der Waals surface area contributed by atoms with Crippen molar-refractivity contribution in [1.29, 1.82) is 0 Å². The van der Waals surface area contributed by atoms with Crippen molar-refractivity contribution in [2.45, 2.75) is 23.5 Å². The molecule has 3 amide bonds. The standard InChI is InChI=1S/C36H31FN4O4S2/c1-3-32(35(44)41-36-40-31(22-46-36)24-14-18-28(45-2)19-15-24)47-29-11-7-10-27(21-29)38-34(43)30(20-23-12-16-26(37)17-13-23)39-33(42)25-8-5-4-6-9-25/h4-22,32H,3H2,1-2H3,(H,38,43)(H,39,42)(H,40,41,44)/b30-20-. The van der Waals surface area contributed by atoms with Crippen LogP contribution in [-0.4, -0.2) is 35.1 Å². The fourth-order valence-electron chi connectivity index (χ4n) is 4.41. The lowest BCUT2D eigenvalue weighted by Gasteiger charge is -2.15. The van der Waals surface area contributed by atoms with E-state index in [2.05, 4.69) is 20.9 Å². The summed E-state index contributed by atoms with van der Waals surface area (Å²) in [6, 6.07) is 28.7. The Balaban J connectivity index is 1.26. The molecule has 0 aliphatic heterocycles. The summed E-state index contributed by atoms with van der Waals surface area (Å²) in [5.74, 6) is -0.884. The number of aromatic nitrogens is 1. The van der Waals surface area contributed by atoms with Gasteiger partial charge in [0.2, 0.25) is 5.91 Å². The number of carbonyl (C=O) groups excluding carboxylic acids is 3. The minimum atomic E-state index is -0.568. The molecular formula is C36H31FN4O4S2. The zero-order valence-electron chi connectivity index (χ0n) is 25.5. The number of anilines is 2. The highest BCUT2D eigenvalue weighted by Gasteiger charge is 2.21. The van der Waals surface area contributed by atoms with E-state index >= 15 is 0 Å². The zero-order chi connectivity index (χ0) is 33.2. The number of ether oxygens (including phenoxy) is 1. The number of carbonyl (C=O) groups is 3. The van der Waals surface area contributed by atoms with Gasteiger partial charge >= 0.3 is 0 Å². The fraction of sp³-hybridized carbons (Fsp3) is 0.111. The van der Waals surface area contributed by atoms with E-state index in [9.17, 15) is 18.8 Å². The number of nitrogens with one attached hydrogen (secondary N) is 3. The molecule has 5 rings (SSSR count). The van der Waals surface area contributed by atoms with E-state index in [0.29, 0.717) is 28.4 Å². The predicted molar refractivity (Wildman–Crippen MR) is 186 cm³/mol. The number of benzene rings is 4. The van der Waals surface area contributed by atoms with E-state index in [1.54, 1.807) is 55.6 Å². The second-order valence-corrected chi connectivity index (χ2v) is 12.3. The van der Waals surface area contributed by atoms with Gasteiger partial charge in [0.25, 0.3) is 11.8 Å². The van der Waals surface area contributed by atoms with Crippen LogP contribution in [0.15, 0.2) is 119 Å². The van der Waals surface area contributed by atoms with Gasteiger partial charge in [-0.05, 0) is 84.8 Å². The fourth-order valence-corrected chi connectivity index (χ4v) is 6.15. The highest BCUT2D eigenvalue weighted by molar-refractivity contribution is 8.00. The number of hydrogen-bond donors (Lipinski definition) is 3. The monoisotopic (exact) mass is 666 g/mol. The molecular weight excluding hydrogens is 636 g/mol. The number of rotatable bonds is 12. The Labute approximate surface area is 280 Å². The number of amides is 3. The van der Waals surface area contributed by atoms with Gasteiger partial charge in [0.1, 0.15) is 17.3 Å². The van der Waals surface area contributed by atoms with Gasteiger partial charge in [-0.1, -0.05) is 43.3 Å². The molecule has 0 saturated heterocycles. The normalized spacial score (nSPS) is 11.8. The van der Waals surface area contributed by atoms with Crippen molar-refractivity contribution in [1.82, 2.24) is 10.3 Å². The van der Waals surface area contributed by atoms with E-state index in [0.717, 1.165) is 21.9 Å². The van der Waals surface area contributed by atoms with Crippen LogP contribution in [0.2, 0.25) is 0 Å². The van der Waals surface area contributed by atoms with Crippen LogP contribution in [0, 0.1) is 5.82 Å². The molecule has 1 atom stereocenters. The maximum atomic E-state index is 13.5. The molecule has 3 N–H and O–H groups in total. The van der Waals surface area contributed by atoms with Crippen LogP contribution in [0.1, 0.15) is 29.3 Å². The molecule has 0 radical (unpaired) electrons. The molecule has 47 heavy (non-hydrogen) atoms. The molecule has 0 aliphatic rings. The van der Waals surface area contributed by atoms with Crippen LogP contribution in [0.3, 0.4) is 0 Å². The van der Waals surface area contributed by atoms with Crippen molar-refractivity contribution >= 4 is 57.7 Å². The predicted octanol–water partition coefficient (Wildman–Crippen LogP) is 7.88. The van der Waals surface area contributed by atoms with E-state index in [-0.39, 0.29) is 11.6 Å². The molecule has 0 aliphatic carbocycles. The topological polar surface area (TPSA) is 109 Å². The minimum absolute atomic E-state index is 0.0215. The molecule has 0 fully saturated rings. The van der Waals surface area contributed by atoms with Gasteiger partial charge in [0, 0.05) is 27.1 Å². The molecule has 0 saturated carbocycles. The van der Waals surface area contributed by atoms with Crippen LogP contribution in [-0.2, 0) is 9.59 Å². The minimum Gasteiger partial charge on any atom is -0.497 e. The van der Waals surface area contributed by atoms with E-state index in [1.165, 1.54) is 53.4 Å². The third kappa shape index (κ3) is 9.15. The summed E-state index contributed by atoms with van der Waals surface area (Å²) in [5, 5.41) is 10.4. The second-order valence-electron chi connectivity index (χ2n) is 10.2. The van der Waals surface area contributed by atoms with Gasteiger partial charge in [-0.2, -0.15) is 0 Å². The number of thiazole rings is 1. The Morgan fingerprint density at radius 1 is 0.936 bits per heavy atom. The highest BCUT2D eigenvalue weighted by atomic mass is 32.2. The summed E-state index contributed by atoms with van der Waals surface area (Å²) in [7, 11) is 1.61. The highest BCUT2D eigenvalue weighted by Crippen LogP contribution is 2.31. The molecule has 238 valence electrons. The molecule has 11 heteroatoms. The van der Waals surface area contributed by atoms with E-state index in [1.807, 2.05) is 42.6 Å². The number of hydrogen-bond acceptors (Lipinski definition) is 7. The van der Waals surface area contributed by atoms with Gasteiger partial charge in [0.05, 0.1) is 18.1 Å². The van der Waals surface area contributed by atoms with Gasteiger partial charge in [-0.25, -0.2) is 9.37 Å². The molecule has 0 spiro atoms.